The molecule has 2 unspecified atom stereocenters. The summed E-state index contributed by atoms with van der Waals surface area (Å²) in [4.78, 5) is 0. The average Bonchev–Trinajstić information content (AvgIpc) is 2.46. The minimum Gasteiger partial charge on any atom is -0.0733 e. The van der Waals surface area contributed by atoms with Crippen LogP contribution in [0.4, 0.5) is 0 Å². The van der Waals surface area contributed by atoms with Crippen molar-refractivity contribution in [2.24, 2.45) is 17.8 Å². The van der Waals surface area contributed by atoms with Crippen molar-refractivity contribution in [2.45, 2.75) is 99.3 Å². The Hall–Kier alpha value is -0.780. The summed E-state index contributed by atoms with van der Waals surface area (Å²) in [7, 11) is 0. The molecule has 0 saturated carbocycles. The fourth-order valence-corrected chi connectivity index (χ4v) is 3.15. The minimum absolute atomic E-state index is 0.864. The molecule has 0 amide bonds. The summed E-state index contributed by atoms with van der Waals surface area (Å²) in [6, 6.07) is 0. The van der Waals surface area contributed by atoms with Crippen LogP contribution in [0.25, 0.3) is 0 Å². The van der Waals surface area contributed by atoms with Crippen LogP contribution in [0.1, 0.15) is 99.3 Å². The van der Waals surface area contributed by atoms with Crippen LogP contribution in [0.3, 0.4) is 0 Å². The molecule has 24 heavy (non-hydrogen) atoms. The molecule has 0 spiro atoms. The van der Waals surface area contributed by atoms with Crippen molar-refractivity contribution in [1.82, 2.24) is 0 Å². The molecule has 0 aliphatic heterocycles. The molecule has 0 aromatic carbocycles. The second-order valence-electron chi connectivity index (χ2n) is 8.47. The van der Waals surface area contributed by atoms with E-state index in [2.05, 4.69) is 46.8 Å². The van der Waals surface area contributed by atoms with Gasteiger partial charge in [-0.15, -0.1) is 0 Å². The zero-order chi connectivity index (χ0) is 18.4. The van der Waals surface area contributed by atoms with E-state index in [-0.39, 0.29) is 0 Å². The van der Waals surface area contributed by atoms with E-state index in [1.165, 1.54) is 63.4 Å². The van der Waals surface area contributed by atoms with Gasteiger partial charge >= 0.3 is 0 Å². The fourth-order valence-electron chi connectivity index (χ4n) is 3.15. The van der Waals surface area contributed by atoms with Crippen molar-refractivity contribution < 1.29 is 0 Å². The Morgan fingerprint density at radius 1 is 0.792 bits per heavy atom. The molecule has 0 heterocycles. The summed E-state index contributed by atoms with van der Waals surface area (Å²) in [5.74, 6) is 2.65. The molecule has 0 fully saturated rings. The molecule has 0 heteroatoms. The SMILES string of the molecule is [CH]=C(C)/C=C/C=C(\C)CCCC(C)CCCC(C)CCCC(C)C. The van der Waals surface area contributed by atoms with Crippen molar-refractivity contribution in [3.05, 3.63) is 36.0 Å². The first-order valence-corrected chi connectivity index (χ1v) is 10.2. The Bertz CT molecular complexity index is 369. The Morgan fingerprint density at radius 3 is 1.79 bits per heavy atom. The summed E-state index contributed by atoms with van der Waals surface area (Å²) in [5.41, 5.74) is 2.32. The van der Waals surface area contributed by atoms with Gasteiger partial charge in [0.05, 0.1) is 0 Å². The Morgan fingerprint density at radius 2 is 1.29 bits per heavy atom. The molecule has 0 aromatic rings. The Kier molecular flexibility index (Phi) is 14.1. The maximum atomic E-state index is 5.63. The van der Waals surface area contributed by atoms with Crippen LogP contribution in [0, 0.1) is 24.3 Å². The molecule has 0 N–H and O–H groups in total. The molecule has 2 atom stereocenters. The molecule has 1 radical (unpaired) electrons. The van der Waals surface area contributed by atoms with Gasteiger partial charge < -0.3 is 0 Å². The molecule has 0 bridgehead atoms. The van der Waals surface area contributed by atoms with Crippen LogP contribution in [-0.2, 0) is 0 Å². The maximum absolute atomic E-state index is 5.63. The van der Waals surface area contributed by atoms with E-state index in [9.17, 15) is 0 Å². The van der Waals surface area contributed by atoms with Gasteiger partial charge in [-0.3, -0.25) is 0 Å². The van der Waals surface area contributed by atoms with Gasteiger partial charge in [-0.1, -0.05) is 109 Å². The topological polar surface area (TPSA) is 0 Å². The average molecular weight is 332 g/mol. The van der Waals surface area contributed by atoms with Crippen molar-refractivity contribution >= 4 is 0 Å². The molecule has 0 aromatic heterocycles. The summed E-state index contributed by atoms with van der Waals surface area (Å²) < 4.78 is 0. The highest BCUT2D eigenvalue weighted by Gasteiger charge is 2.06. The molecule has 0 nitrogen and oxygen atoms in total. The molecule has 0 saturated heterocycles. The van der Waals surface area contributed by atoms with Gasteiger partial charge in [0.25, 0.3) is 0 Å². The summed E-state index contributed by atoms with van der Waals surface area (Å²) in [6.07, 6.45) is 18.6. The van der Waals surface area contributed by atoms with Gasteiger partial charge in [-0.2, -0.15) is 0 Å². The maximum Gasteiger partial charge on any atom is -0.0320 e. The van der Waals surface area contributed by atoms with Gasteiger partial charge in [-0.05, 0) is 44.4 Å². The molecular weight excluding hydrogens is 288 g/mol. The van der Waals surface area contributed by atoms with E-state index in [1.54, 1.807) is 0 Å². The largest absolute Gasteiger partial charge is 0.0733 e. The highest BCUT2D eigenvalue weighted by atomic mass is 14.1. The quantitative estimate of drug-likeness (QED) is 0.281. The summed E-state index contributed by atoms with van der Waals surface area (Å²) in [6.45, 7) is 19.3. The van der Waals surface area contributed by atoms with Crippen LogP contribution < -0.4 is 0 Å². The lowest BCUT2D eigenvalue weighted by atomic mass is 9.91. The second kappa shape index (κ2) is 14.6. The third-order valence-electron chi connectivity index (χ3n) is 4.88. The molecule has 0 aliphatic rings. The van der Waals surface area contributed by atoms with E-state index in [4.69, 9.17) is 6.58 Å². The standard InChI is InChI=1S/C24H43/c1-20(2)12-8-14-22(5)16-10-18-24(7)19-11-17-23(6)15-9-13-21(3)4/h1,8,12,14,21,23-24H,9-11,13,15-19H2,2-7H3/b12-8+,20-1?,22-14+. The monoisotopic (exact) mass is 331 g/mol. The minimum atomic E-state index is 0.864. The predicted molar refractivity (Wildman–Crippen MR) is 111 cm³/mol. The first-order chi connectivity index (χ1) is 11.3. The van der Waals surface area contributed by atoms with Gasteiger partial charge in [0.1, 0.15) is 0 Å². The van der Waals surface area contributed by atoms with Gasteiger partial charge in [-0.25, -0.2) is 0 Å². The Labute approximate surface area is 153 Å². The second-order valence-corrected chi connectivity index (χ2v) is 8.47. The highest BCUT2D eigenvalue weighted by Crippen LogP contribution is 2.22. The van der Waals surface area contributed by atoms with Gasteiger partial charge in [0.15, 0.2) is 0 Å². The van der Waals surface area contributed by atoms with Crippen LogP contribution in [0.15, 0.2) is 29.4 Å². The summed E-state index contributed by atoms with van der Waals surface area (Å²) >= 11 is 0. The van der Waals surface area contributed by atoms with E-state index >= 15 is 0 Å². The van der Waals surface area contributed by atoms with Crippen molar-refractivity contribution in [2.75, 3.05) is 0 Å². The third kappa shape index (κ3) is 16.1. The smallest absolute Gasteiger partial charge is 0.0320 e. The van der Waals surface area contributed by atoms with Gasteiger partial charge in [0.2, 0.25) is 0 Å². The van der Waals surface area contributed by atoms with Crippen LogP contribution in [0.5, 0.6) is 0 Å². The van der Waals surface area contributed by atoms with Crippen LogP contribution >= 0.6 is 0 Å². The first kappa shape index (κ1) is 23.2. The van der Waals surface area contributed by atoms with Crippen molar-refractivity contribution in [3.8, 4) is 0 Å². The van der Waals surface area contributed by atoms with Crippen molar-refractivity contribution in [3.63, 3.8) is 0 Å². The van der Waals surface area contributed by atoms with E-state index in [1.807, 2.05) is 13.0 Å². The van der Waals surface area contributed by atoms with Crippen LogP contribution in [-0.4, -0.2) is 0 Å². The number of allylic oxidation sites excluding steroid dienone is 5. The lowest BCUT2D eigenvalue weighted by molar-refractivity contribution is 0.389. The molecule has 0 aliphatic carbocycles. The van der Waals surface area contributed by atoms with E-state index in [0.717, 1.165) is 23.3 Å². The molecular formula is C24H43. The predicted octanol–water partition coefficient (Wildman–Crippen LogP) is 8.31. The first-order valence-electron chi connectivity index (χ1n) is 10.2. The van der Waals surface area contributed by atoms with Crippen molar-refractivity contribution in [1.29, 1.82) is 0 Å². The lowest BCUT2D eigenvalue weighted by Crippen LogP contribution is -2.00. The third-order valence-corrected chi connectivity index (χ3v) is 4.88. The zero-order valence-corrected chi connectivity index (χ0v) is 17.4. The van der Waals surface area contributed by atoms with Crippen LogP contribution in [0.2, 0.25) is 0 Å². The highest BCUT2D eigenvalue weighted by molar-refractivity contribution is 5.18. The number of hydrogen-bond acceptors (Lipinski definition) is 0. The fraction of sp³-hybridized carbons (Fsp3) is 0.750. The zero-order valence-electron chi connectivity index (χ0n) is 17.4. The van der Waals surface area contributed by atoms with Gasteiger partial charge in [0, 0.05) is 0 Å². The molecule has 139 valence electrons. The number of rotatable bonds is 14. The molecule has 0 rings (SSSR count). The van der Waals surface area contributed by atoms with E-state index < -0.39 is 0 Å². The summed E-state index contributed by atoms with van der Waals surface area (Å²) in [5, 5.41) is 0. The normalized spacial score (nSPS) is 15.2. The Balaban J connectivity index is 3.68. The number of hydrogen-bond donors (Lipinski definition) is 0. The lowest BCUT2D eigenvalue weighted by Gasteiger charge is -2.15. The van der Waals surface area contributed by atoms with E-state index in [0.29, 0.717) is 0 Å².